The zero-order valence-corrected chi connectivity index (χ0v) is 12.9. The van der Waals surface area contributed by atoms with Gasteiger partial charge in [-0.25, -0.2) is 0 Å². The van der Waals surface area contributed by atoms with Crippen LogP contribution >= 0.6 is 0 Å². The Labute approximate surface area is 122 Å². The van der Waals surface area contributed by atoms with Gasteiger partial charge in [-0.3, -0.25) is 0 Å². The second-order valence-corrected chi connectivity index (χ2v) is 7.09. The average molecular weight is 273 g/mol. The van der Waals surface area contributed by atoms with E-state index in [-0.39, 0.29) is 0 Å². The molecule has 0 unspecified atom stereocenters. The maximum atomic E-state index is 6.24. The van der Waals surface area contributed by atoms with Gasteiger partial charge in [0.1, 0.15) is 5.75 Å². The summed E-state index contributed by atoms with van der Waals surface area (Å²) in [6, 6.07) is 6.42. The first-order valence-corrected chi connectivity index (χ1v) is 8.15. The fraction of sp³-hybridized carbons (Fsp3) is 0.667. The topological polar surface area (TPSA) is 21.3 Å². The summed E-state index contributed by atoms with van der Waals surface area (Å²) in [6.07, 6.45) is 7.68. The van der Waals surface area contributed by atoms with E-state index in [2.05, 4.69) is 37.4 Å². The van der Waals surface area contributed by atoms with Crippen LogP contribution in [0.4, 0.5) is 5.69 Å². The van der Waals surface area contributed by atoms with Crippen LogP contribution in [0.1, 0.15) is 51.5 Å². The summed E-state index contributed by atoms with van der Waals surface area (Å²) in [5, 5.41) is 3.48. The second-order valence-electron chi connectivity index (χ2n) is 7.09. The van der Waals surface area contributed by atoms with Gasteiger partial charge in [0, 0.05) is 23.2 Å². The zero-order valence-electron chi connectivity index (χ0n) is 12.9. The van der Waals surface area contributed by atoms with E-state index >= 15 is 0 Å². The quantitative estimate of drug-likeness (QED) is 0.866. The molecule has 1 heterocycles. The van der Waals surface area contributed by atoms with E-state index in [9.17, 15) is 0 Å². The highest BCUT2D eigenvalue weighted by atomic mass is 16.5. The Morgan fingerprint density at radius 2 is 2.10 bits per heavy atom. The summed E-state index contributed by atoms with van der Waals surface area (Å²) in [4.78, 5) is 0. The highest BCUT2D eigenvalue weighted by molar-refractivity contribution is 5.59. The van der Waals surface area contributed by atoms with Gasteiger partial charge in [0.15, 0.2) is 0 Å². The van der Waals surface area contributed by atoms with Crippen molar-refractivity contribution in [3.8, 4) is 5.75 Å². The third-order valence-electron chi connectivity index (χ3n) is 5.11. The molecule has 0 saturated heterocycles. The van der Waals surface area contributed by atoms with Crippen LogP contribution in [0.15, 0.2) is 18.2 Å². The first-order chi connectivity index (χ1) is 9.66. The van der Waals surface area contributed by atoms with E-state index in [0.717, 1.165) is 31.2 Å². The normalized spacial score (nSPS) is 29.4. The van der Waals surface area contributed by atoms with Crippen molar-refractivity contribution in [2.24, 2.45) is 11.3 Å². The number of nitrogens with one attached hydrogen (secondary N) is 1. The van der Waals surface area contributed by atoms with Crippen molar-refractivity contribution in [3.05, 3.63) is 23.8 Å². The molecule has 2 aliphatic rings. The molecular formula is C18H27NO. The maximum absolute atomic E-state index is 6.24. The Kier molecular flexibility index (Phi) is 3.91. The van der Waals surface area contributed by atoms with Crippen molar-refractivity contribution in [3.63, 3.8) is 0 Å². The smallest absolute Gasteiger partial charge is 0.124 e. The molecular weight excluding hydrogens is 246 g/mol. The molecule has 1 saturated carbocycles. The van der Waals surface area contributed by atoms with Gasteiger partial charge in [-0.1, -0.05) is 32.8 Å². The van der Waals surface area contributed by atoms with Crippen LogP contribution in [0.5, 0.6) is 5.75 Å². The lowest BCUT2D eigenvalue weighted by Gasteiger charge is -2.36. The largest absolute Gasteiger partial charge is 0.493 e. The Hall–Kier alpha value is -1.18. The van der Waals surface area contributed by atoms with Crippen LogP contribution in [-0.4, -0.2) is 13.2 Å². The Morgan fingerprint density at radius 3 is 2.90 bits per heavy atom. The molecule has 20 heavy (non-hydrogen) atoms. The molecule has 110 valence electrons. The van der Waals surface area contributed by atoms with Crippen molar-refractivity contribution in [1.82, 2.24) is 0 Å². The van der Waals surface area contributed by atoms with Crippen molar-refractivity contribution < 1.29 is 4.74 Å². The monoisotopic (exact) mass is 273 g/mol. The van der Waals surface area contributed by atoms with Crippen LogP contribution in [0, 0.1) is 11.3 Å². The summed E-state index contributed by atoms with van der Waals surface area (Å²) >= 11 is 0. The highest BCUT2D eigenvalue weighted by Crippen LogP contribution is 2.39. The third kappa shape index (κ3) is 2.94. The lowest BCUT2D eigenvalue weighted by Crippen LogP contribution is -2.30. The van der Waals surface area contributed by atoms with Gasteiger partial charge in [0.25, 0.3) is 0 Å². The Bertz CT molecular complexity index is 460. The fourth-order valence-corrected chi connectivity index (χ4v) is 3.47. The summed E-state index contributed by atoms with van der Waals surface area (Å²) in [5.74, 6) is 2.01. The van der Waals surface area contributed by atoms with Gasteiger partial charge >= 0.3 is 0 Å². The summed E-state index contributed by atoms with van der Waals surface area (Å²) in [5.41, 5.74) is 3.03. The SMILES string of the molecule is CC1CCC(C)(COc2cccc3c2CCCN3)CC1. The fourth-order valence-electron chi connectivity index (χ4n) is 3.47. The summed E-state index contributed by atoms with van der Waals surface area (Å²) in [7, 11) is 0. The minimum Gasteiger partial charge on any atom is -0.493 e. The molecule has 1 aliphatic carbocycles. The lowest BCUT2D eigenvalue weighted by atomic mass is 9.73. The molecule has 1 aromatic carbocycles. The molecule has 1 N–H and O–H groups in total. The van der Waals surface area contributed by atoms with E-state index in [1.807, 2.05) is 0 Å². The van der Waals surface area contributed by atoms with Gasteiger partial charge in [-0.05, 0) is 43.7 Å². The average Bonchev–Trinajstić information content (AvgIpc) is 2.49. The summed E-state index contributed by atoms with van der Waals surface area (Å²) < 4.78 is 6.24. The van der Waals surface area contributed by atoms with E-state index < -0.39 is 0 Å². The molecule has 1 fully saturated rings. The van der Waals surface area contributed by atoms with Crippen molar-refractivity contribution in [2.45, 2.75) is 52.4 Å². The number of anilines is 1. The highest BCUT2D eigenvalue weighted by Gasteiger charge is 2.30. The number of hydrogen-bond donors (Lipinski definition) is 1. The van der Waals surface area contributed by atoms with E-state index in [4.69, 9.17) is 4.74 Å². The van der Waals surface area contributed by atoms with Gasteiger partial charge < -0.3 is 10.1 Å². The molecule has 0 atom stereocenters. The molecule has 1 aliphatic heterocycles. The first kappa shape index (κ1) is 13.8. The molecule has 1 aromatic rings. The molecule has 0 radical (unpaired) electrons. The Balaban J connectivity index is 1.66. The van der Waals surface area contributed by atoms with Gasteiger partial charge in [0.2, 0.25) is 0 Å². The second kappa shape index (κ2) is 5.67. The predicted molar refractivity (Wildman–Crippen MR) is 84.5 cm³/mol. The molecule has 2 heteroatoms. The van der Waals surface area contributed by atoms with Gasteiger partial charge in [-0.2, -0.15) is 0 Å². The first-order valence-electron chi connectivity index (χ1n) is 8.15. The van der Waals surface area contributed by atoms with Crippen molar-refractivity contribution >= 4 is 5.69 Å². The minimum atomic E-state index is 0.372. The summed E-state index contributed by atoms with van der Waals surface area (Å²) in [6.45, 7) is 6.73. The lowest BCUT2D eigenvalue weighted by molar-refractivity contribution is 0.0976. The molecule has 0 aromatic heterocycles. The van der Waals surface area contributed by atoms with Crippen LogP contribution < -0.4 is 10.1 Å². The molecule has 3 rings (SSSR count). The maximum Gasteiger partial charge on any atom is 0.124 e. The van der Waals surface area contributed by atoms with Crippen LogP contribution in [0.2, 0.25) is 0 Å². The number of fused-ring (bicyclic) bond motifs is 1. The zero-order chi connectivity index (χ0) is 14.0. The van der Waals surface area contributed by atoms with E-state index in [1.54, 1.807) is 0 Å². The molecule has 0 spiro atoms. The number of rotatable bonds is 3. The van der Waals surface area contributed by atoms with Gasteiger partial charge in [-0.15, -0.1) is 0 Å². The third-order valence-corrected chi connectivity index (χ3v) is 5.11. The van der Waals surface area contributed by atoms with Crippen molar-refractivity contribution in [1.29, 1.82) is 0 Å². The molecule has 0 amide bonds. The predicted octanol–water partition coefficient (Wildman–Crippen LogP) is 4.64. The number of benzene rings is 1. The van der Waals surface area contributed by atoms with E-state index in [1.165, 1.54) is 43.4 Å². The number of hydrogen-bond acceptors (Lipinski definition) is 2. The molecule has 2 nitrogen and oxygen atoms in total. The van der Waals surface area contributed by atoms with Crippen LogP contribution in [-0.2, 0) is 6.42 Å². The standard InChI is InChI=1S/C18H27NO/c1-14-8-10-18(2,11-9-14)13-20-17-7-3-6-16-15(17)5-4-12-19-16/h3,6-7,14,19H,4-5,8-13H2,1-2H3. The van der Waals surface area contributed by atoms with Crippen molar-refractivity contribution in [2.75, 3.05) is 18.5 Å². The Morgan fingerprint density at radius 1 is 1.30 bits per heavy atom. The number of ether oxygens (including phenoxy) is 1. The van der Waals surface area contributed by atoms with Crippen LogP contribution in [0.25, 0.3) is 0 Å². The minimum absolute atomic E-state index is 0.372. The van der Waals surface area contributed by atoms with Crippen LogP contribution in [0.3, 0.4) is 0 Å². The van der Waals surface area contributed by atoms with Gasteiger partial charge in [0.05, 0.1) is 6.61 Å². The molecule has 0 bridgehead atoms. The van der Waals surface area contributed by atoms with E-state index in [0.29, 0.717) is 5.41 Å².